The lowest BCUT2D eigenvalue weighted by atomic mass is 9.53. The van der Waals surface area contributed by atoms with Crippen LogP contribution in [0.2, 0.25) is 0 Å². The van der Waals surface area contributed by atoms with Gasteiger partial charge in [0.1, 0.15) is 0 Å². The summed E-state index contributed by atoms with van der Waals surface area (Å²) < 4.78 is 2.27. The molecule has 0 aromatic carbocycles. The van der Waals surface area contributed by atoms with E-state index in [4.69, 9.17) is 0 Å². The van der Waals surface area contributed by atoms with Crippen molar-refractivity contribution in [1.82, 2.24) is 14.7 Å². The molecule has 112 valence electrons. The summed E-state index contributed by atoms with van der Waals surface area (Å²) >= 11 is 1.73. The van der Waals surface area contributed by atoms with Crippen LogP contribution in [0.5, 0.6) is 0 Å². The van der Waals surface area contributed by atoms with Gasteiger partial charge >= 0.3 is 0 Å². The summed E-state index contributed by atoms with van der Waals surface area (Å²) in [5.74, 6) is 3.03. The Morgan fingerprint density at radius 2 is 1.90 bits per heavy atom. The molecule has 4 aliphatic rings. The number of nitrogens with zero attached hydrogens (tertiary/aromatic N) is 2. The summed E-state index contributed by atoms with van der Waals surface area (Å²) in [6, 6.07) is 0. The number of hydrogen-bond donors (Lipinski definition) is 1. The lowest BCUT2D eigenvalue weighted by Gasteiger charge is -2.57. The van der Waals surface area contributed by atoms with Gasteiger partial charge < -0.3 is 5.32 Å². The van der Waals surface area contributed by atoms with Gasteiger partial charge in [0, 0.05) is 23.7 Å². The second-order valence-electron chi connectivity index (χ2n) is 7.75. The second kappa shape index (κ2) is 4.32. The van der Waals surface area contributed by atoms with Crippen LogP contribution in [-0.4, -0.2) is 14.9 Å². The van der Waals surface area contributed by atoms with Crippen LogP contribution in [0.4, 0.5) is 0 Å². The van der Waals surface area contributed by atoms with E-state index in [-0.39, 0.29) is 0 Å². The Morgan fingerprint density at radius 3 is 2.57 bits per heavy atom. The smallest absolute Gasteiger partial charge is 0.194 e. The van der Waals surface area contributed by atoms with E-state index in [1.54, 1.807) is 11.3 Å². The van der Waals surface area contributed by atoms with Gasteiger partial charge in [0.15, 0.2) is 4.96 Å². The number of rotatable bonds is 3. The minimum Gasteiger partial charge on any atom is -0.306 e. The largest absolute Gasteiger partial charge is 0.306 e. The summed E-state index contributed by atoms with van der Waals surface area (Å²) in [6.45, 7) is 3.13. The van der Waals surface area contributed by atoms with Crippen molar-refractivity contribution in [3.63, 3.8) is 0 Å². The standard InChI is InChI=1S/C17H23N3S/c1-11-15(20-2-3-21-16(20)19-11)10-18-17-7-12-4-13(8-17)6-14(5-12)9-17/h2-3,12-14,18H,4-10H2,1H3. The molecule has 4 heteroatoms. The molecule has 6 rings (SSSR count). The molecule has 21 heavy (non-hydrogen) atoms. The molecule has 3 nitrogen and oxygen atoms in total. The lowest BCUT2D eigenvalue weighted by Crippen LogP contribution is -2.58. The minimum atomic E-state index is 0.446. The molecule has 0 amide bonds. The molecule has 0 radical (unpaired) electrons. The number of hydrogen-bond acceptors (Lipinski definition) is 3. The van der Waals surface area contributed by atoms with Crippen LogP contribution >= 0.6 is 11.3 Å². The van der Waals surface area contributed by atoms with Crippen LogP contribution in [0.1, 0.15) is 49.9 Å². The van der Waals surface area contributed by atoms with E-state index < -0.39 is 0 Å². The molecule has 4 bridgehead atoms. The van der Waals surface area contributed by atoms with Crippen molar-refractivity contribution in [2.45, 2.75) is 57.5 Å². The molecule has 0 atom stereocenters. The zero-order chi connectivity index (χ0) is 14.0. The summed E-state index contributed by atoms with van der Waals surface area (Å²) in [6.07, 6.45) is 11.0. The average Bonchev–Trinajstić information content (AvgIpc) is 2.95. The van der Waals surface area contributed by atoms with Crippen molar-refractivity contribution in [2.24, 2.45) is 17.8 Å². The number of nitrogens with one attached hydrogen (secondary N) is 1. The van der Waals surface area contributed by atoms with Crippen molar-refractivity contribution in [3.8, 4) is 0 Å². The lowest BCUT2D eigenvalue weighted by molar-refractivity contribution is -0.0207. The van der Waals surface area contributed by atoms with Crippen LogP contribution in [-0.2, 0) is 6.54 Å². The summed E-state index contributed by atoms with van der Waals surface area (Å²) in [5, 5.41) is 6.13. The molecule has 2 aromatic rings. The average molecular weight is 301 g/mol. The third kappa shape index (κ3) is 1.92. The van der Waals surface area contributed by atoms with Gasteiger partial charge in [0.05, 0.1) is 11.4 Å². The molecule has 0 aliphatic heterocycles. The second-order valence-corrected chi connectivity index (χ2v) is 8.62. The zero-order valence-electron chi connectivity index (χ0n) is 12.6. The molecule has 0 unspecified atom stereocenters. The van der Waals surface area contributed by atoms with Gasteiger partial charge in [0.25, 0.3) is 0 Å². The number of fused-ring (bicyclic) bond motifs is 1. The molecule has 0 saturated heterocycles. The Bertz CT molecular complexity index is 648. The minimum absolute atomic E-state index is 0.446. The van der Waals surface area contributed by atoms with Gasteiger partial charge in [-0.3, -0.25) is 4.40 Å². The summed E-state index contributed by atoms with van der Waals surface area (Å²) in [7, 11) is 0. The molecule has 4 saturated carbocycles. The monoisotopic (exact) mass is 301 g/mol. The van der Waals surface area contributed by atoms with Crippen LogP contribution in [0, 0.1) is 24.7 Å². The normalized spacial score (nSPS) is 37.7. The van der Waals surface area contributed by atoms with E-state index in [2.05, 4.69) is 33.2 Å². The third-order valence-electron chi connectivity index (χ3n) is 6.23. The Morgan fingerprint density at radius 1 is 1.24 bits per heavy atom. The van der Waals surface area contributed by atoms with Crippen LogP contribution in [0.15, 0.2) is 11.6 Å². The molecular formula is C17H23N3S. The SMILES string of the molecule is Cc1nc2sccn2c1CNC12CC3CC(CC(C3)C1)C2. The maximum atomic E-state index is 4.68. The maximum absolute atomic E-state index is 4.68. The van der Waals surface area contributed by atoms with Gasteiger partial charge in [-0.1, -0.05) is 0 Å². The van der Waals surface area contributed by atoms with Crippen molar-refractivity contribution >= 4 is 16.3 Å². The third-order valence-corrected chi connectivity index (χ3v) is 6.99. The topological polar surface area (TPSA) is 29.3 Å². The molecule has 2 aromatic heterocycles. The van der Waals surface area contributed by atoms with Crippen LogP contribution in [0.25, 0.3) is 4.96 Å². The summed E-state index contributed by atoms with van der Waals surface area (Å²) in [4.78, 5) is 5.81. The number of aromatic nitrogens is 2. The first-order valence-electron chi connectivity index (χ1n) is 8.37. The molecule has 1 N–H and O–H groups in total. The fourth-order valence-electron chi connectivity index (χ4n) is 5.75. The maximum Gasteiger partial charge on any atom is 0.194 e. The van der Waals surface area contributed by atoms with Gasteiger partial charge in [-0.05, 0) is 63.2 Å². The fourth-order valence-corrected chi connectivity index (χ4v) is 6.53. The first-order chi connectivity index (χ1) is 10.2. The number of imidazole rings is 1. The highest BCUT2D eigenvalue weighted by Gasteiger charge is 2.50. The van der Waals surface area contributed by atoms with Crippen molar-refractivity contribution in [3.05, 3.63) is 23.0 Å². The predicted molar refractivity (Wildman–Crippen MR) is 85.5 cm³/mol. The first kappa shape index (κ1) is 12.7. The van der Waals surface area contributed by atoms with E-state index in [1.807, 2.05) is 0 Å². The highest BCUT2D eigenvalue weighted by atomic mass is 32.1. The molecule has 4 aliphatic carbocycles. The quantitative estimate of drug-likeness (QED) is 0.935. The Kier molecular flexibility index (Phi) is 2.61. The predicted octanol–water partition coefficient (Wildman–Crippen LogP) is 3.76. The van der Waals surface area contributed by atoms with Crippen molar-refractivity contribution in [2.75, 3.05) is 0 Å². The Balaban J connectivity index is 1.40. The Labute approximate surface area is 129 Å². The van der Waals surface area contributed by atoms with E-state index in [1.165, 1.54) is 49.9 Å². The van der Waals surface area contributed by atoms with E-state index in [0.29, 0.717) is 5.54 Å². The van der Waals surface area contributed by atoms with E-state index in [0.717, 1.165) is 29.3 Å². The Hall–Kier alpha value is -0.870. The highest BCUT2D eigenvalue weighted by molar-refractivity contribution is 7.15. The molecule has 0 spiro atoms. The molecule has 2 heterocycles. The number of thiazole rings is 1. The van der Waals surface area contributed by atoms with Crippen LogP contribution < -0.4 is 5.32 Å². The molecule has 4 fully saturated rings. The van der Waals surface area contributed by atoms with Gasteiger partial charge in [0.2, 0.25) is 0 Å². The first-order valence-corrected chi connectivity index (χ1v) is 9.25. The zero-order valence-corrected chi connectivity index (χ0v) is 13.5. The summed E-state index contributed by atoms with van der Waals surface area (Å²) in [5.41, 5.74) is 3.00. The van der Waals surface area contributed by atoms with Gasteiger partial charge in [-0.15, -0.1) is 11.3 Å². The van der Waals surface area contributed by atoms with Crippen molar-refractivity contribution < 1.29 is 0 Å². The van der Waals surface area contributed by atoms with Gasteiger partial charge in [-0.25, -0.2) is 4.98 Å². The van der Waals surface area contributed by atoms with Crippen molar-refractivity contribution in [1.29, 1.82) is 0 Å². The molecular weight excluding hydrogens is 278 g/mol. The van der Waals surface area contributed by atoms with Crippen LogP contribution in [0.3, 0.4) is 0 Å². The fraction of sp³-hybridized carbons (Fsp3) is 0.706. The van der Waals surface area contributed by atoms with Gasteiger partial charge in [-0.2, -0.15) is 0 Å². The van der Waals surface area contributed by atoms with E-state index in [9.17, 15) is 0 Å². The highest BCUT2D eigenvalue weighted by Crippen LogP contribution is 2.55. The van der Waals surface area contributed by atoms with E-state index >= 15 is 0 Å². The number of aryl methyl sites for hydroxylation is 1.